The fraction of sp³-hybridized carbons (Fsp3) is 0. The van der Waals surface area contributed by atoms with Crippen LogP contribution in [0.3, 0.4) is 0 Å². The zero-order valence-corrected chi connectivity index (χ0v) is 9.42. The number of pyridine rings is 2. The number of aromatic amines is 1. The molecule has 0 aliphatic heterocycles. The van der Waals surface area contributed by atoms with Crippen LogP contribution in [-0.2, 0) is 0 Å². The highest BCUT2D eigenvalue weighted by Crippen LogP contribution is 2.23. The van der Waals surface area contributed by atoms with Gasteiger partial charge in [-0.3, -0.25) is 0 Å². The Morgan fingerprint density at radius 1 is 1.06 bits per heavy atom. The van der Waals surface area contributed by atoms with E-state index in [1.807, 2.05) is 36.4 Å². The fourth-order valence-corrected chi connectivity index (χ4v) is 2.09. The Hall–Kier alpha value is -2.62. The molecule has 1 N–H and O–H groups in total. The van der Waals surface area contributed by atoms with E-state index >= 15 is 0 Å². The number of hydrogen-bond acceptors (Lipinski definition) is 3. The average molecular weight is 235 g/mol. The molecule has 18 heavy (non-hydrogen) atoms. The van der Waals surface area contributed by atoms with Gasteiger partial charge in [0.15, 0.2) is 0 Å². The molecule has 4 heteroatoms. The van der Waals surface area contributed by atoms with Crippen LogP contribution in [-0.4, -0.2) is 15.0 Å². The third-order valence-electron chi connectivity index (χ3n) is 2.98. The van der Waals surface area contributed by atoms with Crippen LogP contribution in [0, 0.1) is 0 Å². The predicted octanol–water partition coefficient (Wildman–Crippen LogP) is 3.37. The molecule has 0 radical (unpaired) electrons. The zero-order chi connectivity index (χ0) is 11.9. The van der Waals surface area contributed by atoms with Crippen molar-refractivity contribution in [3.8, 4) is 11.4 Å². The van der Waals surface area contributed by atoms with Gasteiger partial charge in [-0.15, -0.1) is 0 Å². The Kier molecular flexibility index (Phi) is 1.80. The Morgan fingerprint density at radius 2 is 2.06 bits per heavy atom. The summed E-state index contributed by atoms with van der Waals surface area (Å²) < 4.78 is 5.31. The molecular formula is C14H9N3O. The minimum absolute atomic E-state index is 0.652. The van der Waals surface area contributed by atoms with Crippen molar-refractivity contribution >= 4 is 22.1 Å². The van der Waals surface area contributed by atoms with Crippen LogP contribution in [0.1, 0.15) is 0 Å². The lowest BCUT2D eigenvalue weighted by atomic mass is 10.2. The molecule has 4 rings (SSSR count). The van der Waals surface area contributed by atoms with E-state index in [9.17, 15) is 0 Å². The van der Waals surface area contributed by atoms with E-state index in [4.69, 9.17) is 4.42 Å². The van der Waals surface area contributed by atoms with Gasteiger partial charge in [0.1, 0.15) is 5.65 Å². The molecule has 4 aromatic rings. The number of furan rings is 1. The first-order valence-electron chi connectivity index (χ1n) is 5.68. The van der Waals surface area contributed by atoms with E-state index in [2.05, 4.69) is 15.0 Å². The number of H-pyrrole nitrogens is 1. The second-order valence-corrected chi connectivity index (χ2v) is 4.14. The lowest BCUT2D eigenvalue weighted by Crippen LogP contribution is -1.82. The minimum atomic E-state index is 0.652. The van der Waals surface area contributed by atoms with Crippen molar-refractivity contribution in [1.82, 2.24) is 15.0 Å². The Balaban J connectivity index is 1.94. The van der Waals surface area contributed by atoms with Gasteiger partial charge in [0, 0.05) is 17.0 Å². The van der Waals surface area contributed by atoms with Crippen LogP contribution < -0.4 is 0 Å². The van der Waals surface area contributed by atoms with Crippen molar-refractivity contribution in [2.75, 3.05) is 0 Å². The fourth-order valence-electron chi connectivity index (χ4n) is 2.09. The largest absolute Gasteiger partial charge is 0.446 e. The molecule has 0 saturated carbocycles. The summed E-state index contributed by atoms with van der Waals surface area (Å²) in [6.45, 7) is 0. The van der Waals surface area contributed by atoms with Crippen LogP contribution in [0.2, 0.25) is 0 Å². The quantitative estimate of drug-likeness (QED) is 0.550. The van der Waals surface area contributed by atoms with Crippen molar-refractivity contribution < 1.29 is 4.42 Å². The third kappa shape index (κ3) is 1.32. The van der Waals surface area contributed by atoms with E-state index in [1.54, 1.807) is 12.5 Å². The topological polar surface area (TPSA) is 54.7 Å². The second-order valence-electron chi connectivity index (χ2n) is 4.14. The maximum Gasteiger partial charge on any atom is 0.226 e. The van der Waals surface area contributed by atoms with Gasteiger partial charge in [-0.25, -0.2) is 9.97 Å². The van der Waals surface area contributed by atoms with Crippen LogP contribution >= 0.6 is 0 Å². The van der Waals surface area contributed by atoms with Gasteiger partial charge in [-0.05, 0) is 36.4 Å². The summed E-state index contributed by atoms with van der Waals surface area (Å²) in [5.74, 6) is 0. The lowest BCUT2D eigenvalue weighted by Gasteiger charge is -1.95. The zero-order valence-electron chi connectivity index (χ0n) is 9.42. The van der Waals surface area contributed by atoms with Crippen LogP contribution in [0.25, 0.3) is 33.5 Å². The van der Waals surface area contributed by atoms with Crippen molar-refractivity contribution in [3.05, 3.63) is 48.9 Å². The maximum absolute atomic E-state index is 5.31. The van der Waals surface area contributed by atoms with E-state index in [0.29, 0.717) is 5.71 Å². The van der Waals surface area contributed by atoms with Gasteiger partial charge >= 0.3 is 0 Å². The molecule has 0 aromatic carbocycles. The second kappa shape index (κ2) is 3.43. The molecule has 4 aromatic heterocycles. The van der Waals surface area contributed by atoms with Gasteiger partial charge in [-0.2, -0.15) is 0 Å². The molecular weight excluding hydrogens is 226 g/mol. The van der Waals surface area contributed by atoms with Gasteiger partial charge in [0.25, 0.3) is 0 Å². The third-order valence-corrected chi connectivity index (χ3v) is 2.98. The molecule has 0 atom stereocenters. The standard InChI is InChI=1S/C14H9N3O/c1-2-10-8-12(16-13(10)15-6-1)11-4-3-9-5-7-18-14(9)17-11/h1-8H,(H,15,16). The average Bonchev–Trinajstić information content (AvgIpc) is 3.04. The molecule has 0 amide bonds. The SMILES string of the molecule is c1cnc2[nH]c(-c3ccc4ccoc4n3)cc2c1. The van der Waals surface area contributed by atoms with Crippen molar-refractivity contribution in [3.63, 3.8) is 0 Å². The van der Waals surface area contributed by atoms with Crippen LogP contribution in [0.15, 0.2) is 53.3 Å². The maximum atomic E-state index is 5.31. The van der Waals surface area contributed by atoms with E-state index < -0.39 is 0 Å². The molecule has 86 valence electrons. The summed E-state index contributed by atoms with van der Waals surface area (Å²) in [5.41, 5.74) is 3.32. The number of rotatable bonds is 1. The Morgan fingerprint density at radius 3 is 3.00 bits per heavy atom. The lowest BCUT2D eigenvalue weighted by molar-refractivity contribution is 0.603. The monoisotopic (exact) mass is 235 g/mol. The Bertz CT molecular complexity index is 811. The van der Waals surface area contributed by atoms with Crippen molar-refractivity contribution in [2.45, 2.75) is 0 Å². The first kappa shape index (κ1) is 9.41. The van der Waals surface area contributed by atoms with Gasteiger partial charge in [-0.1, -0.05) is 0 Å². The van der Waals surface area contributed by atoms with E-state index in [1.165, 1.54) is 0 Å². The van der Waals surface area contributed by atoms with Crippen LogP contribution in [0.5, 0.6) is 0 Å². The van der Waals surface area contributed by atoms with Crippen LogP contribution in [0.4, 0.5) is 0 Å². The number of hydrogen-bond donors (Lipinski definition) is 1. The number of nitrogens with one attached hydrogen (secondary N) is 1. The van der Waals surface area contributed by atoms with E-state index in [-0.39, 0.29) is 0 Å². The summed E-state index contributed by atoms with van der Waals surface area (Å²) >= 11 is 0. The van der Waals surface area contributed by atoms with Gasteiger partial charge in [0.05, 0.1) is 17.7 Å². The minimum Gasteiger partial charge on any atom is -0.446 e. The van der Waals surface area contributed by atoms with Crippen molar-refractivity contribution in [1.29, 1.82) is 0 Å². The number of fused-ring (bicyclic) bond motifs is 2. The highest BCUT2D eigenvalue weighted by Gasteiger charge is 2.07. The summed E-state index contributed by atoms with van der Waals surface area (Å²) in [6, 6.07) is 11.9. The molecule has 0 spiro atoms. The molecule has 0 aliphatic rings. The smallest absolute Gasteiger partial charge is 0.226 e. The van der Waals surface area contributed by atoms with Gasteiger partial charge < -0.3 is 9.40 Å². The summed E-state index contributed by atoms with van der Waals surface area (Å²) in [6.07, 6.45) is 3.42. The summed E-state index contributed by atoms with van der Waals surface area (Å²) in [4.78, 5) is 12.0. The molecule has 4 nitrogen and oxygen atoms in total. The highest BCUT2D eigenvalue weighted by molar-refractivity contribution is 5.83. The normalized spacial score (nSPS) is 11.3. The number of aromatic nitrogens is 3. The molecule has 0 unspecified atom stereocenters. The summed E-state index contributed by atoms with van der Waals surface area (Å²) in [5, 5.41) is 2.09. The summed E-state index contributed by atoms with van der Waals surface area (Å²) in [7, 11) is 0. The highest BCUT2D eigenvalue weighted by atomic mass is 16.3. The van der Waals surface area contributed by atoms with Crippen molar-refractivity contribution in [2.24, 2.45) is 0 Å². The molecule has 0 bridgehead atoms. The van der Waals surface area contributed by atoms with Gasteiger partial charge in [0.2, 0.25) is 5.71 Å². The number of nitrogens with zero attached hydrogens (tertiary/aromatic N) is 2. The first-order chi connectivity index (χ1) is 8.90. The molecule has 0 aliphatic carbocycles. The molecule has 4 heterocycles. The Labute approximate surface area is 102 Å². The van der Waals surface area contributed by atoms with E-state index in [0.717, 1.165) is 27.8 Å². The first-order valence-corrected chi connectivity index (χ1v) is 5.68. The molecule has 0 fully saturated rings. The molecule has 0 saturated heterocycles. The predicted molar refractivity (Wildman–Crippen MR) is 69.1 cm³/mol.